The summed E-state index contributed by atoms with van der Waals surface area (Å²) in [6.45, 7) is 5.60. The van der Waals surface area contributed by atoms with Gasteiger partial charge in [0.05, 0.1) is 12.0 Å². The molecule has 4 nitrogen and oxygen atoms in total. The summed E-state index contributed by atoms with van der Waals surface area (Å²) in [7, 11) is 0. The van der Waals surface area contributed by atoms with E-state index in [-0.39, 0.29) is 17.9 Å². The van der Waals surface area contributed by atoms with Crippen LogP contribution in [0.4, 0.5) is 0 Å². The van der Waals surface area contributed by atoms with Gasteiger partial charge in [0.15, 0.2) is 0 Å². The molecule has 102 valence electrons. The Balaban J connectivity index is 1.69. The summed E-state index contributed by atoms with van der Waals surface area (Å²) in [5, 5.41) is 6.35. The fraction of sp³-hybridized carbons (Fsp3) is 0.786. The molecule has 2 rings (SSSR count). The van der Waals surface area contributed by atoms with Crippen molar-refractivity contribution >= 4 is 5.91 Å². The normalized spacial score (nSPS) is 27.9. The SMILES string of the molecule is CCC1OCCC1C(=O)NCCC1=CCNCC1. The van der Waals surface area contributed by atoms with E-state index in [9.17, 15) is 4.79 Å². The van der Waals surface area contributed by atoms with Gasteiger partial charge in [-0.3, -0.25) is 4.79 Å². The molecule has 0 spiro atoms. The van der Waals surface area contributed by atoms with Crippen LogP contribution in [0.5, 0.6) is 0 Å². The first-order chi connectivity index (χ1) is 8.81. The van der Waals surface area contributed by atoms with Crippen LogP contribution in [0.25, 0.3) is 0 Å². The fourth-order valence-electron chi connectivity index (χ4n) is 2.72. The minimum atomic E-state index is 0.0667. The standard InChI is InChI=1S/C14H24N2O2/c1-2-13-12(6-10-18-13)14(17)16-9-5-11-3-7-15-8-4-11/h3,12-13,15H,2,4-10H2,1H3,(H,16,17). The van der Waals surface area contributed by atoms with Crippen LogP contribution >= 0.6 is 0 Å². The molecular formula is C14H24N2O2. The Kier molecular flexibility index (Phi) is 5.20. The second kappa shape index (κ2) is 6.90. The second-order valence-corrected chi connectivity index (χ2v) is 5.07. The summed E-state index contributed by atoms with van der Waals surface area (Å²) in [6, 6.07) is 0. The highest BCUT2D eigenvalue weighted by atomic mass is 16.5. The Morgan fingerprint density at radius 3 is 3.22 bits per heavy atom. The zero-order valence-corrected chi connectivity index (χ0v) is 11.2. The van der Waals surface area contributed by atoms with Crippen LogP contribution in [0.3, 0.4) is 0 Å². The molecule has 2 aliphatic heterocycles. The topological polar surface area (TPSA) is 50.4 Å². The van der Waals surface area contributed by atoms with Gasteiger partial charge in [0, 0.05) is 19.7 Å². The first-order valence-corrected chi connectivity index (χ1v) is 7.09. The number of carbonyl (C=O) groups is 1. The molecule has 18 heavy (non-hydrogen) atoms. The van der Waals surface area contributed by atoms with Crippen LogP contribution in [0, 0.1) is 5.92 Å². The Bertz CT molecular complexity index is 315. The van der Waals surface area contributed by atoms with Crippen molar-refractivity contribution in [3.8, 4) is 0 Å². The lowest BCUT2D eigenvalue weighted by molar-refractivity contribution is -0.126. The number of carbonyl (C=O) groups excluding carboxylic acids is 1. The Hall–Kier alpha value is -0.870. The van der Waals surface area contributed by atoms with Crippen molar-refractivity contribution in [3.63, 3.8) is 0 Å². The van der Waals surface area contributed by atoms with Crippen molar-refractivity contribution in [1.82, 2.24) is 10.6 Å². The molecule has 0 aromatic heterocycles. The zero-order chi connectivity index (χ0) is 12.8. The predicted octanol–water partition coefficient (Wildman–Crippen LogP) is 1.23. The average molecular weight is 252 g/mol. The van der Waals surface area contributed by atoms with Gasteiger partial charge in [-0.1, -0.05) is 18.6 Å². The third-order valence-electron chi connectivity index (χ3n) is 3.85. The molecule has 0 radical (unpaired) electrons. The van der Waals surface area contributed by atoms with Gasteiger partial charge in [-0.15, -0.1) is 0 Å². The number of hydrogen-bond donors (Lipinski definition) is 2. The maximum Gasteiger partial charge on any atom is 0.225 e. The van der Waals surface area contributed by atoms with E-state index in [0.717, 1.165) is 51.9 Å². The molecule has 4 heteroatoms. The molecule has 0 bridgehead atoms. The maximum absolute atomic E-state index is 12.0. The third kappa shape index (κ3) is 3.56. The number of hydrogen-bond acceptors (Lipinski definition) is 3. The molecule has 1 fully saturated rings. The van der Waals surface area contributed by atoms with Crippen molar-refractivity contribution in [2.24, 2.45) is 5.92 Å². The van der Waals surface area contributed by atoms with Gasteiger partial charge in [0.1, 0.15) is 0 Å². The molecular weight excluding hydrogens is 228 g/mol. The highest BCUT2D eigenvalue weighted by Crippen LogP contribution is 2.23. The largest absolute Gasteiger partial charge is 0.377 e. The van der Waals surface area contributed by atoms with E-state index in [4.69, 9.17) is 4.74 Å². The van der Waals surface area contributed by atoms with E-state index in [1.807, 2.05) is 0 Å². The van der Waals surface area contributed by atoms with Crippen LogP contribution in [0.2, 0.25) is 0 Å². The molecule has 2 heterocycles. The van der Waals surface area contributed by atoms with Gasteiger partial charge < -0.3 is 15.4 Å². The van der Waals surface area contributed by atoms with Crippen molar-refractivity contribution in [2.75, 3.05) is 26.2 Å². The van der Waals surface area contributed by atoms with Crippen molar-refractivity contribution < 1.29 is 9.53 Å². The monoisotopic (exact) mass is 252 g/mol. The molecule has 0 aromatic rings. The van der Waals surface area contributed by atoms with E-state index < -0.39 is 0 Å². The zero-order valence-electron chi connectivity index (χ0n) is 11.2. The average Bonchev–Trinajstić information content (AvgIpc) is 2.88. The van der Waals surface area contributed by atoms with Gasteiger partial charge >= 0.3 is 0 Å². The minimum absolute atomic E-state index is 0.0667. The summed E-state index contributed by atoms with van der Waals surface area (Å²) < 4.78 is 5.55. The lowest BCUT2D eigenvalue weighted by Gasteiger charge is -2.18. The molecule has 2 N–H and O–H groups in total. The van der Waals surface area contributed by atoms with E-state index in [1.165, 1.54) is 5.57 Å². The highest BCUT2D eigenvalue weighted by molar-refractivity contribution is 5.79. The molecule has 1 amide bonds. The third-order valence-corrected chi connectivity index (χ3v) is 3.85. The number of rotatable bonds is 5. The van der Waals surface area contributed by atoms with Gasteiger partial charge in [-0.25, -0.2) is 0 Å². The molecule has 0 aromatic carbocycles. The molecule has 0 aliphatic carbocycles. The summed E-state index contributed by atoms with van der Waals surface area (Å²) in [5.41, 5.74) is 1.46. The molecule has 2 atom stereocenters. The quantitative estimate of drug-likeness (QED) is 0.724. The van der Waals surface area contributed by atoms with Gasteiger partial charge in [-0.2, -0.15) is 0 Å². The van der Waals surface area contributed by atoms with E-state index in [0.29, 0.717) is 0 Å². The first-order valence-electron chi connectivity index (χ1n) is 7.09. The maximum atomic E-state index is 12.0. The van der Waals surface area contributed by atoms with Crippen LogP contribution in [-0.2, 0) is 9.53 Å². The van der Waals surface area contributed by atoms with Crippen LogP contribution in [-0.4, -0.2) is 38.3 Å². The summed E-state index contributed by atoms with van der Waals surface area (Å²) >= 11 is 0. The molecule has 2 unspecified atom stereocenters. The highest BCUT2D eigenvalue weighted by Gasteiger charge is 2.32. The van der Waals surface area contributed by atoms with Crippen LogP contribution in [0.1, 0.15) is 32.6 Å². The minimum Gasteiger partial charge on any atom is -0.377 e. The van der Waals surface area contributed by atoms with E-state index in [2.05, 4.69) is 23.6 Å². The predicted molar refractivity (Wildman–Crippen MR) is 71.3 cm³/mol. The number of ether oxygens (including phenoxy) is 1. The van der Waals surface area contributed by atoms with Crippen molar-refractivity contribution in [1.29, 1.82) is 0 Å². The van der Waals surface area contributed by atoms with Gasteiger partial charge in [0.2, 0.25) is 5.91 Å². The Labute approximate surface area is 109 Å². The van der Waals surface area contributed by atoms with Crippen LogP contribution in [0.15, 0.2) is 11.6 Å². The van der Waals surface area contributed by atoms with Gasteiger partial charge in [0.25, 0.3) is 0 Å². The van der Waals surface area contributed by atoms with E-state index >= 15 is 0 Å². The van der Waals surface area contributed by atoms with Crippen molar-refractivity contribution in [3.05, 3.63) is 11.6 Å². The Morgan fingerprint density at radius 1 is 1.61 bits per heavy atom. The molecule has 1 saturated heterocycles. The lowest BCUT2D eigenvalue weighted by atomic mass is 9.98. The van der Waals surface area contributed by atoms with Crippen molar-refractivity contribution in [2.45, 2.75) is 38.7 Å². The number of amides is 1. The Morgan fingerprint density at radius 2 is 2.50 bits per heavy atom. The second-order valence-electron chi connectivity index (χ2n) is 5.07. The van der Waals surface area contributed by atoms with E-state index in [1.54, 1.807) is 0 Å². The summed E-state index contributed by atoms with van der Waals surface area (Å²) in [5.74, 6) is 0.242. The van der Waals surface area contributed by atoms with Crippen LogP contribution < -0.4 is 10.6 Å². The summed E-state index contributed by atoms with van der Waals surface area (Å²) in [6.07, 6.45) is 6.26. The molecule has 0 saturated carbocycles. The lowest BCUT2D eigenvalue weighted by Crippen LogP contribution is -2.35. The fourth-order valence-corrected chi connectivity index (χ4v) is 2.72. The summed E-state index contributed by atoms with van der Waals surface area (Å²) in [4.78, 5) is 12.0. The smallest absolute Gasteiger partial charge is 0.225 e. The number of nitrogens with one attached hydrogen (secondary N) is 2. The van der Waals surface area contributed by atoms with Gasteiger partial charge in [-0.05, 0) is 32.2 Å². The molecule has 2 aliphatic rings. The first kappa shape index (κ1) is 13.6.